The van der Waals surface area contributed by atoms with E-state index in [4.69, 9.17) is 0 Å². The zero-order valence-corrected chi connectivity index (χ0v) is 14.0. The van der Waals surface area contributed by atoms with Crippen LogP contribution in [-0.2, 0) is 18.4 Å². The average Bonchev–Trinajstić information content (AvgIpc) is 2.34. The fourth-order valence-electron chi connectivity index (χ4n) is 1.70. The van der Waals surface area contributed by atoms with Gasteiger partial charge in [-0.2, -0.15) is 0 Å². The third-order valence-corrected chi connectivity index (χ3v) is 9.83. The summed E-state index contributed by atoms with van der Waals surface area (Å²) in [4.78, 5) is 3.77. The molecule has 88 valence electrons. The fourth-order valence-corrected chi connectivity index (χ4v) is 10.9. The Morgan fingerprint density at radius 1 is 1.33 bits per heavy atom. The monoisotopic (exact) mass is 301 g/mol. The minimum absolute atomic E-state index is 0. The molecule has 0 radical (unpaired) electrons. The Morgan fingerprint density at radius 3 is 2.33 bits per heavy atom. The third kappa shape index (κ3) is 7.78. The first-order valence-electron chi connectivity index (χ1n) is 4.91. The predicted octanol–water partition coefficient (Wildman–Crippen LogP) is 3.46. The number of halogens is 2. The van der Waals surface area contributed by atoms with Crippen molar-refractivity contribution in [1.82, 2.24) is 4.98 Å². The molecule has 1 nitrogen and oxygen atoms in total. The van der Waals surface area contributed by atoms with Gasteiger partial charge < -0.3 is 0 Å². The van der Waals surface area contributed by atoms with Gasteiger partial charge in [0, 0.05) is 0 Å². The van der Waals surface area contributed by atoms with Crippen molar-refractivity contribution in [2.45, 2.75) is 39.4 Å². The van der Waals surface area contributed by atoms with Crippen LogP contribution >= 0.6 is 24.8 Å². The maximum Gasteiger partial charge on any atom is -0.147 e. The van der Waals surface area contributed by atoms with Gasteiger partial charge in [0.1, 0.15) is 0 Å². The van der Waals surface area contributed by atoms with E-state index in [2.05, 4.69) is 50.2 Å². The maximum atomic E-state index is 3.77. The van der Waals surface area contributed by atoms with Crippen LogP contribution in [0.4, 0.5) is 0 Å². The van der Waals surface area contributed by atoms with Gasteiger partial charge in [-0.1, -0.05) is 0 Å². The molecule has 0 atom stereocenters. The molecule has 15 heavy (non-hydrogen) atoms. The van der Waals surface area contributed by atoms with E-state index in [0.29, 0.717) is 6.04 Å². The van der Waals surface area contributed by atoms with Crippen LogP contribution in [0.15, 0.2) is 22.1 Å². The second-order valence-electron chi connectivity index (χ2n) is 4.37. The SMILES string of the molecule is CC(C)N[Si](C)(C)[Ti][C]1=CC=CC1.Cl.Cl. The van der Waals surface area contributed by atoms with Gasteiger partial charge in [0.25, 0.3) is 0 Å². The Labute approximate surface area is 115 Å². The Kier molecular flexibility index (Phi) is 9.90. The molecule has 1 aliphatic rings. The zero-order chi connectivity index (χ0) is 9.90. The number of hydrogen-bond acceptors (Lipinski definition) is 1. The molecule has 0 amide bonds. The summed E-state index contributed by atoms with van der Waals surface area (Å²) in [5.41, 5.74) is 0. The average molecular weight is 302 g/mol. The van der Waals surface area contributed by atoms with Crippen molar-refractivity contribution >= 4 is 30.9 Å². The maximum absolute atomic E-state index is 3.77. The summed E-state index contributed by atoms with van der Waals surface area (Å²) >= 11 is 0.128. The van der Waals surface area contributed by atoms with E-state index < -0.39 is 6.10 Å². The van der Waals surface area contributed by atoms with E-state index in [1.807, 2.05) is 0 Å². The summed E-state index contributed by atoms with van der Waals surface area (Å²) in [6.45, 7) is 9.43. The fraction of sp³-hybridized carbons (Fsp3) is 0.600. The quantitative estimate of drug-likeness (QED) is 0.784. The van der Waals surface area contributed by atoms with Crippen LogP contribution in [0.3, 0.4) is 0 Å². The summed E-state index contributed by atoms with van der Waals surface area (Å²) in [7, 11) is 0. The van der Waals surface area contributed by atoms with Crippen molar-refractivity contribution in [3.8, 4) is 0 Å². The molecule has 1 N–H and O–H groups in total. The standard InChI is InChI=1S/C5H14NSi.C5H5.2ClH.Ti/c1-5(2)6-7(3)4;1-2-4-5-3-1;;;/h5-6H,1-4H3;1-3H,4H2;2*1H;. The van der Waals surface area contributed by atoms with Crippen LogP contribution < -0.4 is 4.98 Å². The molecular weight excluding hydrogens is 281 g/mol. The molecule has 0 saturated carbocycles. The van der Waals surface area contributed by atoms with Gasteiger partial charge in [0.2, 0.25) is 0 Å². The third-order valence-electron chi connectivity index (χ3n) is 1.89. The zero-order valence-electron chi connectivity index (χ0n) is 9.83. The molecular formula is C10H21Cl2NSiTi. The van der Waals surface area contributed by atoms with Crippen LogP contribution in [0.2, 0.25) is 13.1 Å². The first-order chi connectivity index (χ1) is 5.99. The first kappa shape index (κ1) is 18.3. The largest absolute Gasteiger partial charge is 0.147 e. The van der Waals surface area contributed by atoms with Crippen molar-refractivity contribution in [3.05, 3.63) is 22.1 Å². The van der Waals surface area contributed by atoms with Gasteiger partial charge in [0.15, 0.2) is 0 Å². The second kappa shape index (κ2) is 8.10. The first-order valence-corrected chi connectivity index (χ1v) is 11.0. The Hall–Kier alpha value is 0.951. The summed E-state index contributed by atoms with van der Waals surface area (Å²) in [5, 5.41) is 0. The van der Waals surface area contributed by atoms with Crippen LogP contribution in [0.5, 0.6) is 0 Å². The van der Waals surface area contributed by atoms with Crippen molar-refractivity contribution in [3.63, 3.8) is 0 Å². The van der Waals surface area contributed by atoms with Crippen molar-refractivity contribution < 1.29 is 18.4 Å². The van der Waals surface area contributed by atoms with Crippen molar-refractivity contribution in [1.29, 1.82) is 0 Å². The Bertz CT molecular complexity index is 240. The van der Waals surface area contributed by atoms with Crippen LogP contribution in [0.25, 0.3) is 0 Å². The molecule has 0 aromatic rings. The van der Waals surface area contributed by atoms with E-state index in [9.17, 15) is 0 Å². The predicted molar refractivity (Wildman–Crippen MR) is 72.1 cm³/mol. The normalized spacial score (nSPS) is 14.3. The van der Waals surface area contributed by atoms with Gasteiger partial charge in [-0.25, -0.2) is 0 Å². The molecule has 0 saturated heterocycles. The molecule has 0 heterocycles. The molecule has 0 unspecified atom stereocenters. The van der Waals surface area contributed by atoms with E-state index in [1.165, 1.54) is 6.42 Å². The van der Waals surface area contributed by atoms with E-state index >= 15 is 0 Å². The molecule has 0 aromatic carbocycles. The number of nitrogens with one attached hydrogen (secondary N) is 1. The molecule has 0 aliphatic heterocycles. The molecule has 0 spiro atoms. The summed E-state index contributed by atoms with van der Waals surface area (Å²) in [5.74, 6) is 0. The minimum Gasteiger partial charge on any atom is -0.147 e. The van der Waals surface area contributed by atoms with Crippen LogP contribution in [0.1, 0.15) is 20.3 Å². The van der Waals surface area contributed by atoms with Crippen LogP contribution in [0, 0.1) is 0 Å². The van der Waals surface area contributed by atoms with Gasteiger partial charge in [-0.3, -0.25) is 0 Å². The van der Waals surface area contributed by atoms with Gasteiger partial charge in [-0.05, 0) is 0 Å². The number of hydrogen-bond donors (Lipinski definition) is 1. The molecule has 0 fully saturated rings. The smallest absolute Gasteiger partial charge is 0.147 e. The number of rotatable bonds is 4. The van der Waals surface area contributed by atoms with E-state index in [-0.39, 0.29) is 43.2 Å². The topological polar surface area (TPSA) is 12.0 Å². The van der Waals surface area contributed by atoms with E-state index in [0.717, 1.165) is 0 Å². The summed E-state index contributed by atoms with van der Waals surface area (Å²) in [6, 6.07) is 0.653. The Balaban J connectivity index is 0. The molecule has 1 aliphatic carbocycles. The van der Waals surface area contributed by atoms with E-state index in [1.54, 1.807) is 3.88 Å². The number of allylic oxidation sites excluding steroid dienone is 4. The molecule has 5 heteroatoms. The van der Waals surface area contributed by atoms with Gasteiger partial charge in [0.05, 0.1) is 0 Å². The summed E-state index contributed by atoms with van der Waals surface area (Å²) in [6.07, 6.45) is 6.98. The van der Waals surface area contributed by atoms with Gasteiger partial charge >= 0.3 is 91.0 Å². The molecule has 0 bridgehead atoms. The summed E-state index contributed by atoms with van der Waals surface area (Å²) < 4.78 is 1.73. The van der Waals surface area contributed by atoms with Crippen molar-refractivity contribution in [2.24, 2.45) is 0 Å². The van der Waals surface area contributed by atoms with Crippen LogP contribution in [-0.4, -0.2) is 12.1 Å². The minimum atomic E-state index is -1.06. The van der Waals surface area contributed by atoms with Crippen molar-refractivity contribution in [2.75, 3.05) is 0 Å². The molecule has 1 rings (SSSR count). The molecule has 0 aromatic heterocycles. The second-order valence-corrected chi connectivity index (χ2v) is 16.2. The van der Waals surface area contributed by atoms with Gasteiger partial charge in [-0.15, -0.1) is 24.8 Å². The Morgan fingerprint density at radius 2 is 1.93 bits per heavy atom.